The summed E-state index contributed by atoms with van der Waals surface area (Å²) < 4.78 is 6.01. The fourth-order valence-electron chi connectivity index (χ4n) is 1.63. The first-order chi connectivity index (χ1) is 8.01. The average molecular weight is 302 g/mol. The minimum absolute atomic E-state index is 0.0453. The molecule has 1 rings (SSSR count). The summed E-state index contributed by atoms with van der Waals surface area (Å²) in [5.41, 5.74) is 7.15. The molecule has 96 valence electrons. The van der Waals surface area contributed by atoms with Crippen LogP contribution in [0.5, 0.6) is 11.5 Å². The molecule has 3 N–H and O–H groups in total. The summed E-state index contributed by atoms with van der Waals surface area (Å²) >= 11 is 3.32. The molecular weight excluding hydrogens is 282 g/mol. The highest BCUT2D eigenvalue weighted by Gasteiger charge is 2.17. The lowest BCUT2D eigenvalue weighted by Crippen LogP contribution is -2.18. The van der Waals surface area contributed by atoms with E-state index in [1.165, 1.54) is 0 Å². The number of phenolic OH excluding ortho intramolecular Hbond substituents is 1. The maximum atomic E-state index is 9.82. The standard InChI is InChI=1S/C13H20BrNO2/c1-4-8(3)12(15)9-6-10(14)13(16)11(7-9)17-5-2/h6-8,12,16H,4-5,15H2,1-3H3/t8?,12-/m1/s1. The van der Waals surface area contributed by atoms with Crippen molar-refractivity contribution in [2.75, 3.05) is 6.61 Å². The van der Waals surface area contributed by atoms with Crippen LogP contribution in [0.25, 0.3) is 0 Å². The van der Waals surface area contributed by atoms with E-state index in [0.717, 1.165) is 12.0 Å². The molecule has 1 aromatic rings. The molecule has 1 aromatic carbocycles. The van der Waals surface area contributed by atoms with E-state index >= 15 is 0 Å². The van der Waals surface area contributed by atoms with Gasteiger partial charge in [-0.25, -0.2) is 0 Å². The maximum Gasteiger partial charge on any atom is 0.172 e. The van der Waals surface area contributed by atoms with E-state index < -0.39 is 0 Å². The summed E-state index contributed by atoms with van der Waals surface area (Å²) in [6.07, 6.45) is 1.02. The fraction of sp³-hybridized carbons (Fsp3) is 0.538. The van der Waals surface area contributed by atoms with Gasteiger partial charge >= 0.3 is 0 Å². The Morgan fingerprint density at radius 2 is 2.06 bits per heavy atom. The van der Waals surface area contributed by atoms with Crippen molar-refractivity contribution in [2.45, 2.75) is 33.2 Å². The number of hydrogen-bond acceptors (Lipinski definition) is 3. The monoisotopic (exact) mass is 301 g/mol. The second-order valence-corrected chi connectivity index (χ2v) is 5.05. The van der Waals surface area contributed by atoms with Gasteiger partial charge in [0.25, 0.3) is 0 Å². The number of aromatic hydroxyl groups is 1. The quantitative estimate of drug-likeness (QED) is 0.873. The smallest absolute Gasteiger partial charge is 0.172 e. The van der Waals surface area contributed by atoms with Crippen LogP contribution in [0.2, 0.25) is 0 Å². The van der Waals surface area contributed by atoms with Crippen LogP contribution >= 0.6 is 15.9 Å². The first-order valence-electron chi connectivity index (χ1n) is 5.92. The van der Waals surface area contributed by atoms with Crippen molar-refractivity contribution in [3.8, 4) is 11.5 Å². The van der Waals surface area contributed by atoms with Crippen molar-refractivity contribution in [1.29, 1.82) is 0 Å². The van der Waals surface area contributed by atoms with Gasteiger partial charge in [0.05, 0.1) is 11.1 Å². The van der Waals surface area contributed by atoms with Gasteiger partial charge in [0.2, 0.25) is 0 Å². The molecule has 0 saturated carbocycles. The van der Waals surface area contributed by atoms with Gasteiger partial charge in [-0.05, 0) is 46.5 Å². The van der Waals surface area contributed by atoms with E-state index in [1.807, 2.05) is 19.1 Å². The molecule has 1 unspecified atom stereocenters. The second-order valence-electron chi connectivity index (χ2n) is 4.19. The molecule has 0 amide bonds. The number of rotatable bonds is 5. The lowest BCUT2D eigenvalue weighted by molar-refractivity contribution is 0.316. The van der Waals surface area contributed by atoms with Crippen LogP contribution in [0.15, 0.2) is 16.6 Å². The Balaban J connectivity index is 3.09. The first kappa shape index (κ1) is 14.3. The van der Waals surface area contributed by atoms with Crippen LogP contribution in [0.3, 0.4) is 0 Å². The zero-order valence-electron chi connectivity index (χ0n) is 10.5. The van der Waals surface area contributed by atoms with Gasteiger partial charge in [-0.15, -0.1) is 0 Å². The lowest BCUT2D eigenvalue weighted by Gasteiger charge is -2.20. The lowest BCUT2D eigenvalue weighted by atomic mass is 9.93. The minimum atomic E-state index is -0.0453. The van der Waals surface area contributed by atoms with Gasteiger partial charge < -0.3 is 15.6 Å². The maximum absolute atomic E-state index is 9.82. The Kier molecular flexibility index (Phi) is 5.28. The van der Waals surface area contributed by atoms with Gasteiger partial charge in [-0.1, -0.05) is 20.3 Å². The van der Waals surface area contributed by atoms with Crippen LogP contribution in [0.4, 0.5) is 0 Å². The zero-order chi connectivity index (χ0) is 13.0. The summed E-state index contributed by atoms with van der Waals surface area (Å²) in [4.78, 5) is 0. The molecule has 0 aromatic heterocycles. The number of phenols is 1. The highest BCUT2D eigenvalue weighted by Crippen LogP contribution is 2.38. The van der Waals surface area contributed by atoms with Crippen molar-refractivity contribution >= 4 is 15.9 Å². The Morgan fingerprint density at radius 3 is 2.59 bits per heavy atom. The first-order valence-corrected chi connectivity index (χ1v) is 6.71. The summed E-state index contributed by atoms with van der Waals surface area (Å²) in [5.74, 6) is 1.00. The van der Waals surface area contributed by atoms with Gasteiger partial charge in [-0.3, -0.25) is 0 Å². The SMILES string of the molecule is CCOc1cc([C@H](N)C(C)CC)cc(Br)c1O. The Morgan fingerprint density at radius 1 is 1.41 bits per heavy atom. The van der Waals surface area contributed by atoms with Crippen LogP contribution in [0.1, 0.15) is 38.8 Å². The molecule has 0 spiro atoms. The number of ether oxygens (including phenoxy) is 1. The molecule has 17 heavy (non-hydrogen) atoms. The van der Waals surface area contributed by atoms with E-state index in [1.54, 1.807) is 0 Å². The molecule has 2 atom stereocenters. The molecule has 0 aliphatic rings. The highest BCUT2D eigenvalue weighted by atomic mass is 79.9. The van der Waals surface area contributed by atoms with E-state index in [4.69, 9.17) is 10.5 Å². The molecular formula is C13H20BrNO2. The van der Waals surface area contributed by atoms with Gasteiger partial charge in [0.1, 0.15) is 0 Å². The van der Waals surface area contributed by atoms with Gasteiger partial charge in [-0.2, -0.15) is 0 Å². The third kappa shape index (κ3) is 3.36. The fourth-order valence-corrected chi connectivity index (χ4v) is 2.09. The third-order valence-corrected chi connectivity index (χ3v) is 3.60. The number of halogens is 1. The Hall–Kier alpha value is -0.740. The van der Waals surface area contributed by atoms with Gasteiger partial charge in [0, 0.05) is 6.04 Å². The van der Waals surface area contributed by atoms with E-state index in [-0.39, 0.29) is 11.8 Å². The number of benzene rings is 1. The van der Waals surface area contributed by atoms with E-state index in [2.05, 4.69) is 29.8 Å². The van der Waals surface area contributed by atoms with Crippen LogP contribution in [-0.2, 0) is 0 Å². The molecule has 0 radical (unpaired) electrons. The third-order valence-electron chi connectivity index (χ3n) is 2.99. The topological polar surface area (TPSA) is 55.5 Å². The molecule has 0 aliphatic heterocycles. The van der Waals surface area contributed by atoms with Crippen molar-refractivity contribution in [3.05, 3.63) is 22.2 Å². The minimum Gasteiger partial charge on any atom is -0.503 e. The predicted molar refractivity (Wildman–Crippen MR) is 73.4 cm³/mol. The molecule has 0 fully saturated rings. The van der Waals surface area contributed by atoms with Crippen molar-refractivity contribution in [3.63, 3.8) is 0 Å². The second kappa shape index (κ2) is 6.26. The Labute approximate surface area is 111 Å². The highest BCUT2D eigenvalue weighted by molar-refractivity contribution is 9.10. The van der Waals surface area contributed by atoms with E-state index in [9.17, 15) is 5.11 Å². The summed E-state index contributed by atoms with van der Waals surface area (Å²) in [5, 5.41) is 9.82. The Bertz CT molecular complexity index is 382. The zero-order valence-corrected chi connectivity index (χ0v) is 12.1. The molecule has 0 aliphatic carbocycles. The molecule has 0 saturated heterocycles. The number of nitrogens with two attached hydrogens (primary N) is 1. The summed E-state index contributed by atoms with van der Waals surface area (Å²) in [6.45, 7) is 6.63. The molecule has 0 bridgehead atoms. The van der Waals surface area contributed by atoms with Crippen LogP contribution in [0, 0.1) is 5.92 Å². The largest absolute Gasteiger partial charge is 0.503 e. The van der Waals surface area contributed by atoms with Crippen molar-refractivity contribution < 1.29 is 9.84 Å². The van der Waals surface area contributed by atoms with Crippen LogP contribution < -0.4 is 10.5 Å². The van der Waals surface area contributed by atoms with Crippen molar-refractivity contribution in [1.82, 2.24) is 0 Å². The number of hydrogen-bond donors (Lipinski definition) is 2. The normalized spacial score (nSPS) is 14.4. The van der Waals surface area contributed by atoms with Gasteiger partial charge in [0.15, 0.2) is 11.5 Å². The molecule has 3 nitrogen and oxygen atoms in total. The summed E-state index contributed by atoms with van der Waals surface area (Å²) in [6, 6.07) is 3.63. The van der Waals surface area contributed by atoms with Crippen molar-refractivity contribution in [2.24, 2.45) is 11.7 Å². The molecule has 0 heterocycles. The summed E-state index contributed by atoms with van der Waals surface area (Å²) in [7, 11) is 0. The predicted octanol–water partition coefficient (Wildman–Crippen LogP) is 3.60. The average Bonchev–Trinajstić information content (AvgIpc) is 2.33. The van der Waals surface area contributed by atoms with E-state index in [0.29, 0.717) is 22.7 Å². The van der Waals surface area contributed by atoms with Crippen LogP contribution in [-0.4, -0.2) is 11.7 Å². The molecule has 4 heteroatoms.